The van der Waals surface area contributed by atoms with Crippen LogP contribution in [0.3, 0.4) is 0 Å². The molecule has 0 spiro atoms. The van der Waals surface area contributed by atoms with E-state index in [4.69, 9.17) is 0 Å². The molecule has 0 saturated heterocycles. The molecular formula is C19H23N3O2S. The van der Waals surface area contributed by atoms with Gasteiger partial charge in [-0.25, -0.2) is 4.98 Å². The number of anilines is 1. The average Bonchev–Trinajstić information content (AvgIpc) is 2.94. The van der Waals surface area contributed by atoms with Crippen LogP contribution in [0.25, 0.3) is 0 Å². The molecule has 3 rings (SSSR count). The van der Waals surface area contributed by atoms with Gasteiger partial charge in [-0.05, 0) is 38.8 Å². The highest BCUT2D eigenvalue weighted by Gasteiger charge is 2.29. The number of hydrogen-bond acceptors (Lipinski definition) is 4. The van der Waals surface area contributed by atoms with E-state index < -0.39 is 0 Å². The van der Waals surface area contributed by atoms with E-state index in [-0.39, 0.29) is 24.4 Å². The van der Waals surface area contributed by atoms with Crippen LogP contribution in [-0.4, -0.2) is 35.3 Å². The lowest BCUT2D eigenvalue weighted by Gasteiger charge is -2.32. The van der Waals surface area contributed by atoms with E-state index in [0.717, 1.165) is 33.3 Å². The van der Waals surface area contributed by atoms with E-state index in [1.165, 1.54) is 0 Å². The Labute approximate surface area is 152 Å². The van der Waals surface area contributed by atoms with Gasteiger partial charge in [0.05, 0.1) is 16.7 Å². The maximum atomic E-state index is 12.8. The van der Waals surface area contributed by atoms with Crippen molar-refractivity contribution in [1.29, 1.82) is 0 Å². The van der Waals surface area contributed by atoms with Gasteiger partial charge in [-0.3, -0.25) is 9.59 Å². The summed E-state index contributed by atoms with van der Waals surface area (Å²) in [4.78, 5) is 34.1. The molecule has 1 aromatic heterocycles. The first-order valence-electron chi connectivity index (χ1n) is 8.46. The van der Waals surface area contributed by atoms with Crippen LogP contribution < -0.4 is 4.90 Å². The van der Waals surface area contributed by atoms with Gasteiger partial charge in [-0.15, -0.1) is 11.3 Å². The molecular weight excluding hydrogens is 334 g/mol. The Hall–Kier alpha value is -2.21. The minimum atomic E-state index is -0.118. The fraction of sp³-hybridized carbons (Fsp3) is 0.421. The molecule has 2 heterocycles. The number of carbonyl (C=O) groups excluding carboxylic acids is 2. The van der Waals surface area contributed by atoms with E-state index in [1.54, 1.807) is 28.2 Å². The lowest BCUT2D eigenvalue weighted by molar-refractivity contribution is -0.132. The second-order valence-electron chi connectivity index (χ2n) is 6.46. The second-order valence-corrected chi connectivity index (χ2v) is 7.87. The molecule has 6 heteroatoms. The number of carbonyl (C=O) groups is 2. The fourth-order valence-corrected chi connectivity index (χ4v) is 4.16. The van der Waals surface area contributed by atoms with Crippen LogP contribution in [0.5, 0.6) is 0 Å². The van der Waals surface area contributed by atoms with Crippen LogP contribution in [0.1, 0.15) is 40.5 Å². The lowest BCUT2D eigenvalue weighted by atomic mass is 10.0. The Morgan fingerprint density at radius 3 is 2.72 bits per heavy atom. The molecule has 1 atom stereocenters. The molecule has 2 aromatic rings. The van der Waals surface area contributed by atoms with Gasteiger partial charge in [0.2, 0.25) is 11.8 Å². The van der Waals surface area contributed by atoms with Crippen LogP contribution in [0.4, 0.5) is 5.69 Å². The van der Waals surface area contributed by atoms with E-state index >= 15 is 0 Å². The van der Waals surface area contributed by atoms with Crippen molar-refractivity contribution >= 4 is 28.8 Å². The molecule has 0 unspecified atom stereocenters. The molecule has 0 fully saturated rings. The Morgan fingerprint density at radius 2 is 2.04 bits per heavy atom. The van der Waals surface area contributed by atoms with Crippen LogP contribution >= 0.6 is 11.3 Å². The zero-order valence-electron chi connectivity index (χ0n) is 15.1. The number of aryl methyl sites for hydroxylation is 3. The van der Waals surface area contributed by atoms with Gasteiger partial charge in [0.1, 0.15) is 6.54 Å². The van der Waals surface area contributed by atoms with Crippen molar-refractivity contribution in [2.45, 2.75) is 39.7 Å². The Balaban J connectivity index is 1.77. The molecule has 1 aliphatic rings. The van der Waals surface area contributed by atoms with Gasteiger partial charge in [0.25, 0.3) is 0 Å². The van der Waals surface area contributed by atoms with E-state index in [0.29, 0.717) is 6.42 Å². The Bertz CT molecular complexity index is 815. The SMILES string of the molecule is Cc1nc([C@@H](C)N(C)C(=O)CN2C(=O)CCc3ccccc32)c(C)s1. The zero-order valence-corrected chi connectivity index (χ0v) is 15.9. The van der Waals surface area contributed by atoms with Crippen molar-refractivity contribution < 1.29 is 9.59 Å². The minimum Gasteiger partial charge on any atom is -0.336 e. The summed E-state index contributed by atoms with van der Waals surface area (Å²) in [5, 5.41) is 1.00. The van der Waals surface area contributed by atoms with Gasteiger partial charge in [0, 0.05) is 24.0 Å². The van der Waals surface area contributed by atoms with E-state index in [1.807, 2.05) is 45.0 Å². The van der Waals surface area contributed by atoms with Gasteiger partial charge >= 0.3 is 0 Å². The van der Waals surface area contributed by atoms with Crippen LogP contribution in [0.2, 0.25) is 0 Å². The molecule has 25 heavy (non-hydrogen) atoms. The molecule has 0 radical (unpaired) electrons. The highest BCUT2D eigenvalue weighted by Crippen LogP contribution is 2.29. The monoisotopic (exact) mass is 357 g/mol. The molecule has 1 aliphatic heterocycles. The number of aromatic nitrogens is 1. The second kappa shape index (κ2) is 6.96. The summed E-state index contributed by atoms with van der Waals surface area (Å²) in [6.45, 7) is 6.04. The number of benzene rings is 1. The van der Waals surface area contributed by atoms with Crippen LogP contribution in [0.15, 0.2) is 24.3 Å². The smallest absolute Gasteiger partial charge is 0.242 e. The number of fused-ring (bicyclic) bond motifs is 1. The number of rotatable bonds is 4. The molecule has 0 N–H and O–H groups in total. The Morgan fingerprint density at radius 1 is 1.32 bits per heavy atom. The Kier molecular flexibility index (Phi) is 4.90. The largest absolute Gasteiger partial charge is 0.336 e. The summed E-state index contributed by atoms with van der Waals surface area (Å²) >= 11 is 1.64. The predicted octanol–water partition coefficient (Wildman–Crippen LogP) is 3.26. The molecule has 132 valence electrons. The summed E-state index contributed by atoms with van der Waals surface area (Å²) in [6.07, 6.45) is 1.19. The first kappa shape index (κ1) is 17.6. The van der Waals surface area contributed by atoms with Crippen LogP contribution in [0, 0.1) is 13.8 Å². The highest BCUT2D eigenvalue weighted by molar-refractivity contribution is 7.11. The zero-order chi connectivity index (χ0) is 18.1. The van der Waals surface area contributed by atoms with Gasteiger partial charge in [0.15, 0.2) is 0 Å². The number of thiazole rings is 1. The summed E-state index contributed by atoms with van der Waals surface area (Å²) in [5.41, 5.74) is 2.91. The number of nitrogens with zero attached hydrogens (tertiary/aromatic N) is 3. The molecule has 0 aliphatic carbocycles. The van der Waals surface area contributed by atoms with Gasteiger partial charge < -0.3 is 9.80 Å². The highest BCUT2D eigenvalue weighted by atomic mass is 32.1. The average molecular weight is 357 g/mol. The third-order valence-corrected chi connectivity index (χ3v) is 5.70. The summed E-state index contributed by atoms with van der Waals surface area (Å²) in [6, 6.07) is 7.69. The van der Waals surface area contributed by atoms with Crippen molar-refractivity contribution in [3.8, 4) is 0 Å². The third kappa shape index (κ3) is 3.44. The molecule has 0 saturated carbocycles. The van der Waals surface area contributed by atoms with Crippen LogP contribution in [-0.2, 0) is 16.0 Å². The first-order valence-corrected chi connectivity index (χ1v) is 9.28. The quantitative estimate of drug-likeness (QED) is 0.844. The summed E-state index contributed by atoms with van der Waals surface area (Å²) in [7, 11) is 1.78. The minimum absolute atomic E-state index is 0.00814. The van der Waals surface area contributed by atoms with Crippen molar-refractivity contribution in [3.05, 3.63) is 45.4 Å². The first-order chi connectivity index (χ1) is 11.9. The van der Waals surface area contributed by atoms with Gasteiger partial charge in [-0.2, -0.15) is 0 Å². The lowest BCUT2D eigenvalue weighted by Crippen LogP contribution is -2.44. The normalized spacial score (nSPS) is 15.0. The van der Waals surface area contributed by atoms with E-state index in [9.17, 15) is 9.59 Å². The topological polar surface area (TPSA) is 53.5 Å². The molecule has 5 nitrogen and oxygen atoms in total. The summed E-state index contributed by atoms with van der Waals surface area (Å²) < 4.78 is 0. The number of amides is 2. The standard InChI is InChI=1S/C19H23N3O2S/c1-12(19-13(2)25-14(3)20-19)21(4)18(24)11-22-16-8-6-5-7-15(16)9-10-17(22)23/h5-8,12H,9-11H2,1-4H3/t12-/m1/s1. The molecule has 1 aromatic carbocycles. The number of para-hydroxylation sites is 1. The molecule has 0 bridgehead atoms. The van der Waals surface area contributed by atoms with Crippen molar-refractivity contribution in [2.24, 2.45) is 0 Å². The van der Waals surface area contributed by atoms with Gasteiger partial charge in [-0.1, -0.05) is 18.2 Å². The molecule has 2 amide bonds. The number of hydrogen-bond donors (Lipinski definition) is 0. The van der Waals surface area contributed by atoms with Crippen molar-refractivity contribution in [2.75, 3.05) is 18.5 Å². The maximum absolute atomic E-state index is 12.8. The number of likely N-dealkylation sites (N-methyl/N-ethyl adjacent to an activating group) is 1. The van der Waals surface area contributed by atoms with Crippen molar-refractivity contribution in [1.82, 2.24) is 9.88 Å². The van der Waals surface area contributed by atoms with Crippen molar-refractivity contribution in [3.63, 3.8) is 0 Å². The maximum Gasteiger partial charge on any atom is 0.242 e. The van der Waals surface area contributed by atoms with E-state index in [2.05, 4.69) is 4.98 Å². The fourth-order valence-electron chi connectivity index (χ4n) is 3.25. The summed E-state index contributed by atoms with van der Waals surface area (Å²) in [5.74, 6) is -0.0728. The third-order valence-electron chi connectivity index (χ3n) is 4.79. The predicted molar refractivity (Wildman–Crippen MR) is 99.9 cm³/mol.